The van der Waals surface area contributed by atoms with E-state index in [-0.39, 0.29) is 34.5 Å². The molecule has 20 heavy (non-hydrogen) atoms. The van der Waals surface area contributed by atoms with Gasteiger partial charge in [-0.1, -0.05) is 41.5 Å². The van der Waals surface area contributed by atoms with Crippen molar-refractivity contribution in [2.24, 2.45) is 22.2 Å². The Morgan fingerprint density at radius 3 is 2.00 bits per heavy atom. The first-order valence-corrected chi connectivity index (χ1v) is 7.27. The highest BCUT2D eigenvalue weighted by Crippen LogP contribution is 2.67. The second-order valence-electron chi connectivity index (χ2n) is 7.89. The molecule has 0 radical (unpaired) electrons. The van der Waals surface area contributed by atoms with Gasteiger partial charge in [0.1, 0.15) is 0 Å². The van der Waals surface area contributed by atoms with Crippen LogP contribution in [0.2, 0.25) is 0 Å². The number of carbonyl (C=O) groups excluding carboxylic acids is 2. The molecule has 0 aromatic carbocycles. The predicted octanol–water partition coefficient (Wildman–Crippen LogP) is 2.76. The number of carbonyl (C=O) groups is 2. The molecule has 0 saturated heterocycles. The van der Waals surface area contributed by atoms with Crippen molar-refractivity contribution in [1.82, 2.24) is 5.32 Å². The van der Waals surface area contributed by atoms with Crippen LogP contribution in [0.25, 0.3) is 0 Å². The van der Waals surface area contributed by atoms with Crippen molar-refractivity contribution in [3.8, 4) is 0 Å². The Balaban J connectivity index is 2.40. The third-order valence-electron chi connectivity index (χ3n) is 5.31. The van der Waals surface area contributed by atoms with Crippen LogP contribution in [-0.2, 0) is 14.3 Å². The summed E-state index contributed by atoms with van der Waals surface area (Å²) in [5.41, 5.74) is 0.190. The van der Waals surface area contributed by atoms with Crippen LogP contribution in [0.4, 0.5) is 0 Å². The van der Waals surface area contributed by atoms with Gasteiger partial charge in [0.2, 0.25) is 5.91 Å². The summed E-state index contributed by atoms with van der Waals surface area (Å²) in [5.74, 6) is 0.257. The van der Waals surface area contributed by atoms with Crippen LogP contribution in [0.15, 0.2) is 0 Å². The van der Waals surface area contributed by atoms with E-state index in [4.69, 9.17) is 0 Å². The molecule has 4 nitrogen and oxygen atoms in total. The molecule has 1 amide bonds. The third-order valence-corrected chi connectivity index (χ3v) is 5.31. The molecule has 0 aliphatic heterocycles. The average Bonchev–Trinajstić information content (AvgIpc) is 2.65. The second kappa shape index (κ2) is 5.38. The second-order valence-corrected chi connectivity index (χ2v) is 7.89. The van der Waals surface area contributed by atoms with Gasteiger partial charge in [-0.15, -0.1) is 0 Å². The van der Waals surface area contributed by atoms with E-state index in [1.807, 2.05) is 13.8 Å². The van der Waals surface area contributed by atoms with Crippen LogP contribution in [0.5, 0.6) is 0 Å². The van der Waals surface area contributed by atoms with E-state index < -0.39 is 0 Å². The van der Waals surface area contributed by atoms with Crippen molar-refractivity contribution in [1.29, 1.82) is 0 Å². The summed E-state index contributed by atoms with van der Waals surface area (Å²) >= 11 is 0. The van der Waals surface area contributed by atoms with E-state index in [9.17, 15) is 9.59 Å². The Kier molecular flexibility index (Phi) is 4.57. The molecule has 0 heterocycles. The fourth-order valence-electron chi connectivity index (χ4n) is 3.08. The number of nitrogens with one attached hydrogen (secondary N) is 1. The highest BCUT2D eigenvalue weighted by Gasteiger charge is 2.64. The minimum atomic E-state index is -0.369. The van der Waals surface area contributed by atoms with Gasteiger partial charge in [0.25, 0.3) is 0 Å². The lowest BCUT2D eigenvalue weighted by Crippen LogP contribution is -2.32. The van der Waals surface area contributed by atoms with Crippen LogP contribution < -0.4 is 5.32 Å². The summed E-state index contributed by atoms with van der Waals surface area (Å²) in [7, 11) is 1.37. The van der Waals surface area contributed by atoms with Crippen molar-refractivity contribution in [2.45, 2.75) is 54.4 Å². The van der Waals surface area contributed by atoms with Gasteiger partial charge in [-0.3, -0.25) is 9.59 Å². The molecule has 0 atom stereocenters. The maximum absolute atomic E-state index is 12.0. The first-order chi connectivity index (χ1) is 8.94. The van der Waals surface area contributed by atoms with Gasteiger partial charge in [0.05, 0.1) is 13.5 Å². The highest BCUT2D eigenvalue weighted by molar-refractivity contribution is 5.78. The van der Waals surface area contributed by atoms with E-state index in [2.05, 4.69) is 37.7 Å². The lowest BCUT2D eigenvalue weighted by atomic mass is 9.85. The molecule has 4 heteroatoms. The fraction of sp³-hybridized carbons (Fsp3) is 0.875. The number of esters is 1. The summed E-state index contributed by atoms with van der Waals surface area (Å²) in [4.78, 5) is 23.3. The smallest absolute Gasteiger partial charge is 0.306 e. The molecule has 1 fully saturated rings. The van der Waals surface area contributed by atoms with Gasteiger partial charge < -0.3 is 10.1 Å². The number of hydrogen-bond donors (Lipinski definition) is 1. The molecule has 1 rings (SSSR count). The van der Waals surface area contributed by atoms with Gasteiger partial charge >= 0.3 is 5.97 Å². The Hall–Kier alpha value is -1.06. The first kappa shape index (κ1) is 17.0. The van der Waals surface area contributed by atoms with Gasteiger partial charge in [-0.2, -0.15) is 0 Å². The number of ether oxygens (including phenoxy) is 1. The van der Waals surface area contributed by atoms with E-state index in [0.29, 0.717) is 18.9 Å². The topological polar surface area (TPSA) is 55.4 Å². The van der Waals surface area contributed by atoms with E-state index in [1.54, 1.807) is 0 Å². The zero-order chi connectivity index (χ0) is 15.8. The van der Waals surface area contributed by atoms with Crippen molar-refractivity contribution in [2.75, 3.05) is 13.7 Å². The van der Waals surface area contributed by atoms with Gasteiger partial charge in [0, 0.05) is 13.0 Å². The standard InChI is InChI=1S/C16H29NO3/c1-14(2,9-13(19)20-7)8-12(18)17-10-11-15(3,4)16(11,5)6/h11H,8-10H2,1-7H3,(H,17,18). The van der Waals surface area contributed by atoms with Gasteiger partial charge in [0.15, 0.2) is 0 Å². The summed E-state index contributed by atoms with van der Waals surface area (Å²) in [6, 6.07) is 0. The highest BCUT2D eigenvalue weighted by atomic mass is 16.5. The minimum absolute atomic E-state index is 0.0115. The van der Waals surface area contributed by atoms with E-state index in [1.165, 1.54) is 7.11 Å². The Labute approximate surface area is 122 Å². The molecule has 1 saturated carbocycles. The van der Waals surface area contributed by atoms with Crippen molar-refractivity contribution in [3.05, 3.63) is 0 Å². The van der Waals surface area contributed by atoms with Crippen molar-refractivity contribution >= 4 is 11.9 Å². The molecular weight excluding hydrogens is 254 g/mol. The molecule has 1 aliphatic carbocycles. The number of methoxy groups -OCH3 is 1. The monoisotopic (exact) mass is 283 g/mol. The summed E-state index contributed by atoms with van der Waals surface area (Å²) < 4.78 is 4.66. The molecule has 116 valence electrons. The quantitative estimate of drug-likeness (QED) is 0.763. The van der Waals surface area contributed by atoms with Crippen LogP contribution in [0.3, 0.4) is 0 Å². The zero-order valence-corrected chi connectivity index (χ0v) is 13.9. The Morgan fingerprint density at radius 2 is 1.60 bits per heavy atom. The molecule has 1 N–H and O–H groups in total. The molecule has 0 aromatic rings. The van der Waals surface area contributed by atoms with Gasteiger partial charge in [-0.25, -0.2) is 0 Å². The number of amides is 1. The lowest BCUT2D eigenvalue weighted by molar-refractivity contribution is -0.143. The van der Waals surface area contributed by atoms with Crippen molar-refractivity contribution < 1.29 is 14.3 Å². The molecule has 0 spiro atoms. The summed E-state index contributed by atoms with van der Waals surface area (Å²) in [6.07, 6.45) is 0.604. The predicted molar refractivity (Wildman–Crippen MR) is 79.1 cm³/mol. The first-order valence-electron chi connectivity index (χ1n) is 7.27. The molecule has 1 aliphatic rings. The Morgan fingerprint density at radius 1 is 1.10 bits per heavy atom. The maximum Gasteiger partial charge on any atom is 0.306 e. The molecule has 0 aromatic heterocycles. The molecule has 0 bridgehead atoms. The van der Waals surface area contributed by atoms with Gasteiger partial charge in [-0.05, 0) is 22.2 Å². The van der Waals surface area contributed by atoms with Crippen LogP contribution in [-0.4, -0.2) is 25.5 Å². The zero-order valence-electron chi connectivity index (χ0n) is 13.9. The largest absolute Gasteiger partial charge is 0.469 e. The maximum atomic E-state index is 12.0. The molecular formula is C16H29NO3. The minimum Gasteiger partial charge on any atom is -0.469 e. The van der Waals surface area contributed by atoms with Crippen LogP contribution in [0, 0.1) is 22.2 Å². The summed E-state index contributed by atoms with van der Waals surface area (Å²) in [5, 5.41) is 3.01. The van der Waals surface area contributed by atoms with Crippen LogP contribution in [0.1, 0.15) is 54.4 Å². The SMILES string of the molecule is COC(=O)CC(C)(C)CC(=O)NCC1C(C)(C)C1(C)C. The van der Waals surface area contributed by atoms with E-state index >= 15 is 0 Å². The van der Waals surface area contributed by atoms with Crippen LogP contribution >= 0.6 is 0 Å². The third kappa shape index (κ3) is 3.53. The lowest BCUT2D eigenvalue weighted by Gasteiger charge is -2.22. The van der Waals surface area contributed by atoms with Crippen molar-refractivity contribution in [3.63, 3.8) is 0 Å². The molecule has 0 unspecified atom stereocenters. The fourth-order valence-corrected chi connectivity index (χ4v) is 3.08. The number of hydrogen-bond acceptors (Lipinski definition) is 3. The Bertz CT molecular complexity index is 383. The average molecular weight is 283 g/mol. The van der Waals surface area contributed by atoms with E-state index in [0.717, 1.165) is 0 Å². The number of rotatable bonds is 6. The summed E-state index contributed by atoms with van der Waals surface area (Å²) in [6.45, 7) is 13.5. The normalized spacial score (nSPS) is 20.4.